The van der Waals surface area contributed by atoms with E-state index in [0.717, 1.165) is 17.7 Å². The normalized spacial score (nSPS) is 9.79. The molecule has 0 aliphatic heterocycles. The molecule has 1 aromatic heterocycles. The molecule has 0 aliphatic carbocycles. The van der Waals surface area contributed by atoms with Crippen LogP contribution in [0.5, 0.6) is 0 Å². The average molecular weight is 428 g/mol. The molecule has 0 amide bonds. The van der Waals surface area contributed by atoms with Gasteiger partial charge in [-0.15, -0.1) is 23.8 Å². The van der Waals surface area contributed by atoms with E-state index in [0.29, 0.717) is 11.6 Å². The van der Waals surface area contributed by atoms with Crippen LogP contribution < -0.4 is 0 Å². The summed E-state index contributed by atoms with van der Waals surface area (Å²) in [6, 6.07) is 12.6. The van der Waals surface area contributed by atoms with Crippen molar-refractivity contribution in [3.8, 4) is 11.3 Å². The molecule has 2 aromatic rings. The SMILES string of the molecule is [C-]#[N+]c1cc[c-]c(-c2cc(CC(C)C)ccn2)c1.[Ir]. The van der Waals surface area contributed by atoms with E-state index < -0.39 is 0 Å². The molecular formula is C16H15IrN2-. The number of rotatable bonds is 3. The standard InChI is InChI=1S/C16H15N2.Ir/c1-12(2)9-13-7-8-18-16(10-13)14-5-4-6-15(11-14)17-3;/h4,6-8,10-12H,9H2,1-2H3;/q-1;. The van der Waals surface area contributed by atoms with Crippen molar-refractivity contribution in [3.63, 3.8) is 0 Å². The topological polar surface area (TPSA) is 17.2 Å². The van der Waals surface area contributed by atoms with E-state index in [9.17, 15) is 0 Å². The number of pyridine rings is 1. The van der Waals surface area contributed by atoms with Gasteiger partial charge < -0.3 is 4.98 Å². The first-order chi connectivity index (χ1) is 8.69. The minimum Gasteiger partial charge on any atom is -0.305 e. The molecule has 19 heavy (non-hydrogen) atoms. The van der Waals surface area contributed by atoms with Crippen molar-refractivity contribution < 1.29 is 20.1 Å². The van der Waals surface area contributed by atoms with E-state index in [-0.39, 0.29) is 20.1 Å². The van der Waals surface area contributed by atoms with Crippen LogP contribution in [0.4, 0.5) is 5.69 Å². The van der Waals surface area contributed by atoms with E-state index >= 15 is 0 Å². The van der Waals surface area contributed by atoms with Crippen LogP contribution in [-0.4, -0.2) is 4.98 Å². The van der Waals surface area contributed by atoms with Crippen molar-refractivity contribution in [1.29, 1.82) is 0 Å². The third-order valence-electron chi connectivity index (χ3n) is 2.66. The number of aromatic nitrogens is 1. The predicted octanol–water partition coefficient (Wildman–Crippen LogP) is 4.30. The Morgan fingerprint density at radius 1 is 1.32 bits per heavy atom. The Morgan fingerprint density at radius 2 is 2.11 bits per heavy atom. The molecule has 1 radical (unpaired) electrons. The summed E-state index contributed by atoms with van der Waals surface area (Å²) in [5.41, 5.74) is 3.67. The molecule has 1 heterocycles. The maximum Gasteiger partial charge on any atom is 0.108 e. The third kappa shape index (κ3) is 4.28. The first-order valence-electron chi connectivity index (χ1n) is 6.03. The van der Waals surface area contributed by atoms with E-state index in [1.807, 2.05) is 18.3 Å². The Bertz CT molecular complexity index is 585. The fraction of sp³-hybridized carbons (Fsp3) is 0.250. The summed E-state index contributed by atoms with van der Waals surface area (Å²) in [4.78, 5) is 7.79. The molecular weight excluding hydrogens is 412 g/mol. The van der Waals surface area contributed by atoms with E-state index in [2.05, 4.69) is 35.8 Å². The van der Waals surface area contributed by atoms with Crippen LogP contribution in [0.25, 0.3) is 16.1 Å². The second-order valence-corrected chi connectivity index (χ2v) is 4.72. The summed E-state index contributed by atoms with van der Waals surface area (Å²) >= 11 is 0. The van der Waals surface area contributed by atoms with E-state index in [1.165, 1.54) is 5.56 Å². The van der Waals surface area contributed by atoms with Gasteiger partial charge in [-0.2, -0.15) is 6.07 Å². The van der Waals surface area contributed by atoms with Gasteiger partial charge in [-0.25, -0.2) is 0 Å². The summed E-state index contributed by atoms with van der Waals surface area (Å²) in [6.45, 7) is 11.4. The summed E-state index contributed by atoms with van der Waals surface area (Å²) in [5.74, 6) is 0.624. The molecule has 99 valence electrons. The molecule has 0 saturated carbocycles. The fourth-order valence-corrected chi connectivity index (χ4v) is 1.89. The minimum absolute atomic E-state index is 0. The maximum atomic E-state index is 7.03. The van der Waals surface area contributed by atoms with Gasteiger partial charge in [0.2, 0.25) is 0 Å². The smallest absolute Gasteiger partial charge is 0.108 e. The third-order valence-corrected chi connectivity index (χ3v) is 2.66. The molecule has 0 spiro atoms. The Kier molecular flexibility index (Phi) is 5.89. The molecule has 3 heteroatoms. The van der Waals surface area contributed by atoms with Crippen LogP contribution in [0.2, 0.25) is 0 Å². The molecule has 0 unspecified atom stereocenters. The Morgan fingerprint density at radius 3 is 2.79 bits per heavy atom. The van der Waals surface area contributed by atoms with Crippen LogP contribution in [0.3, 0.4) is 0 Å². The van der Waals surface area contributed by atoms with Crippen LogP contribution in [0.1, 0.15) is 19.4 Å². The summed E-state index contributed by atoms with van der Waals surface area (Å²) in [6.07, 6.45) is 2.86. The minimum atomic E-state index is 0. The largest absolute Gasteiger partial charge is 0.305 e. The fourth-order valence-electron chi connectivity index (χ4n) is 1.89. The van der Waals surface area contributed by atoms with E-state index in [1.54, 1.807) is 12.1 Å². The maximum absolute atomic E-state index is 7.03. The molecule has 2 nitrogen and oxygen atoms in total. The Labute approximate surface area is 128 Å². The zero-order chi connectivity index (χ0) is 13.0. The van der Waals surface area contributed by atoms with Crippen molar-refractivity contribution in [2.24, 2.45) is 5.92 Å². The van der Waals surface area contributed by atoms with Crippen LogP contribution in [-0.2, 0) is 26.5 Å². The van der Waals surface area contributed by atoms with Gasteiger partial charge in [0.05, 0.1) is 6.57 Å². The molecule has 0 bridgehead atoms. The zero-order valence-corrected chi connectivity index (χ0v) is 13.4. The van der Waals surface area contributed by atoms with Crippen LogP contribution in [0.15, 0.2) is 36.5 Å². The van der Waals surface area contributed by atoms with Gasteiger partial charge in [-0.3, -0.25) is 4.85 Å². The molecule has 0 N–H and O–H groups in total. The van der Waals surface area contributed by atoms with Gasteiger partial charge in [0, 0.05) is 26.3 Å². The summed E-state index contributed by atoms with van der Waals surface area (Å²) in [7, 11) is 0. The van der Waals surface area contributed by atoms with Gasteiger partial charge >= 0.3 is 0 Å². The van der Waals surface area contributed by atoms with Crippen LogP contribution >= 0.6 is 0 Å². The van der Waals surface area contributed by atoms with Crippen molar-refractivity contribution in [1.82, 2.24) is 4.98 Å². The first kappa shape index (κ1) is 15.6. The Hall–Kier alpha value is -1.49. The zero-order valence-electron chi connectivity index (χ0n) is 11.0. The summed E-state index contributed by atoms with van der Waals surface area (Å²) in [5, 5.41) is 0. The van der Waals surface area contributed by atoms with Gasteiger partial charge in [0.15, 0.2) is 0 Å². The molecule has 0 fully saturated rings. The van der Waals surface area contributed by atoms with Crippen molar-refractivity contribution in [3.05, 3.63) is 59.6 Å². The number of hydrogen-bond donors (Lipinski definition) is 0. The monoisotopic (exact) mass is 428 g/mol. The van der Waals surface area contributed by atoms with Gasteiger partial charge in [-0.1, -0.05) is 25.5 Å². The average Bonchev–Trinajstić information content (AvgIpc) is 2.38. The quantitative estimate of drug-likeness (QED) is 0.668. The molecule has 1 aromatic carbocycles. The van der Waals surface area contributed by atoms with Crippen molar-refractivity contribution in [2.75, 3.05) is 0 Å². The number of hydrogen-bond acceptors (Lipinski definition) is 1. The molecule has 2 rings (SSSR count). The van der Waals surface area contributed by atoms with Crippen molar-refractivity contribution >= 4 is 5.69 Å². The molecule has 0 aliphatic rings. The van der Waals surface area contributed by atoms with Gasteiger partial charge in [0.1, 0.15) is 5.69 Å². The number of nitrogens with zero attached hydrogens (tertiary/aromatic N) is 2. The van der Waals surface area contributed by atoms with E-state index in [4.69, 9.17) is 6.57 Å². The van der Waals surface area contributed by atoms with Crippen molar-refractivity contribution in [2.45, 2.75) is 20.3 Å². The molecule has 0 atom stereocenters. The number of benzene rings is 1. The first-order valence-corrected chi connectivity index (χ1v) is 6.03. The Balaban J connectivity index is 0.00000180. The second kappa shape index (κ2) is 7.19. The second-order valence-electron chi connectivity index (χ2n) is 4.72. The molecule has 0 saturated heterocycles. The van der Waals surface area contributed by atoms with Crippen LogP contribution in [0, 0.1) is 18.6 Å². The predicted molar refractivity (Wildman–Crippen MR) is 73.3 cm³/mol. The van der Waals surface area contributed by atoms with Gasteiger partial charge in [-0.05, 0) is 24.1 Å². The van der Waals surface area contributed by atoms with Gasteiger partial charge in [0.25, 0.3) is 0 Å². The summed E-state index contributed by atoms with van der Waals surface area (Å²) < 4.78 is 0.